The molecule has 3 aromatic rings. The summed E-state index contributed by atoms with van der Waals surface area (Å²) in [5.41, 5.74) is 2.26. The molecule has 6 nitrogen and oxygen atoms in total. The number of thioether (sulfide) groups is 1. The van der Waals surface area contributed by atoms with Gasteiger partial charge < -0.3 is 10.1 Å². The maximum absolute atomic E-state index is 10.8. The molecular weight excluding hydrogens is 264 g/mol. The minimum absolute atomic E-state index is 0.356. The molecule has 0 aliphatic carbocycles. The third-order valence-corrected chi connectivity index (χ3v) is 3.67. The van der Waals surface area contributed by atoms with Crippen LogP contribution in [-0.2, 0) is 4.79 Å². The van der Waals surface area contributed by atoms with Crippen molar-refractivity contribution in [1.82, 2.24) is 20.2 Å². The van der Waals surface area contributed by atoms with Gasteiger partial charge in [-0.2, -0.15) is 0 Å². The maximum atomic E-state index is 10.8. The smallest absolute Gasteiger partial charge is 0.316 e. The Hall–Kier alpha value is -2.15. The fourth-order valence-electron chi connectivity index (χ4n) is 1.76. The Morgan fingerprint density at radius 3 is 2.95 bits per heavy atom. The number of carbonyl (C=O) groups is 1. The van der Waals surface area contributed by atoms with E-state index in [0.717, 1.165) is 22.7 Å². The lowest BCUT2D eigenvalue weighted by Crippen LogP contribution is -2.12. The van der Waals surface area contributed by atoms with E-state index in [1.54, 1.807) is 6.92 Å². The molecule has 0 saturated carbocycles. The number of fused-ring (bicyclic) bond motifs is 3. The highest BCUT2D eigenvalue weighted by Crippen LogP contribution is 2.24. The Bertz CT molecular complexity index is 771. The Balaban J connectivity index is 2.06. The number of rotatable bonds is 3. The summed E-state index contributed by atoms with van der Waals surface area (Å²) in [5, 5.41) is 17.7. The molecule has 2 aromatic heterocycles. The van der Waals surface area contributed by atoms with E-state index in [1.807, 2.05) is 24.3 Å². The highest BCUT2D eigenvalue weighted by atomic mass is 32.2. The molecule has 96 valence electrons. The number of carboxylic acids is 1. The van der Waals surface area contributed by atoms with Crippen LogP contribution in [0.4, 0.5) is 0 Å². The molecule has 0 amide bonds. The van der Waals surface area contributed by atoms with Gasteiger partial charge in [0.1, 0.15) is 10.8 Å². The van der Waals surface area contributed by atoms with Crippen LogP contribution >= 0.6 is 11.8 Å². The van der Waals surface area contributed by atoms with Crippen LogP contribution < -0.4 is 0 Å². The number of aromatic nitrogens is 4. The molecule has 1 atom stereocenters. The number of aromatic amines is 1. The summed E-state index contributed by atoms with van der Waals surface area (Å²) in [7, 11) is 0. The van der Waals surface area contributed by atoms with Gasteiger partial charge in [0.25, 0.3) is 0 Å². The molecule has 0 spiro atoms. The largest absolute Gasteiger partial charge is 0.480 e. The molecule has 0 unspecified atom stereocenters. The van der Waals surface area contributed by atoms with Gasteiger partial charge in [0, 0.05) is 10.9 Å². The van der Waals surface area contributed by atoms with E-state index in [-0.39, 0.29) is 0 Å². The van der Waals surface area contributed by atoms with E-state index in [0.29, 0.717) is 16.3 Å². The van der Waals surface area contributed by atoms with Crippen molar-refractivity contribution in [1.29, 1.82) is 0 Å². The number of H-pyrrole nitrogens is 1. The molecular formula is C12H10N4O2S. The first-order valence-corrected chi connectivity index (χ1v) is 6.54. The third kappa shape index (κ3) is 2.12. The number of aliphatic carboxylic acids is 1. The van der Waals surface area contributed by atoms with Crippen LogP contribution in [0.3, 0.4) is 0 Å². The third-order valence-electron chi connectivity index (χ3n) is 2.73. The fourth-order valence-corrected chi connectivity index (χ4v) is 2.41. The van der Waals surface area contributed by atoms with Crippen LogP contribution in [0.1, 0.15) is 6.92 Å². The molecule has 3 rings (SSSR count). The van der Waals surface area contributed by atoms with Gasteiger partial charge in [0.15, 0.2) is 5.65 Å². The minimum Gasteiger partial charge on any atom is -0.480 e. The summed E-state index contributed by atoms with van der Waals surface area (Å²) in [6.45, 7) is 1.59. The Labute approximate surface area is 112 Å². The number of nitrogens with zero attached hydrogens (tertiary/aromatic N) is 3. The van der Waals surface area contributed by atoms with Gasteiger partial charge in [-0.3, -0.25) is 4.79 Å². The van der Waals surface area contributed by atoms with Gasteiger partial charge in [-0.05, 0) is 13.0 Å². The molecule has 0 saturated heterocycles. The molecule has 0 bridgehead atoms. The molecule has 0 fully saturated rings. The van der Waals surface area contributed by atoms with Crippen molar-refractivity contribution in [3.8, 4) is 0 Å². The lowest BCUT2D eigenvalue weighted by molar-refractivity contribution is -0.136. The highest BCUT2D eigenvalue weighted by Gasteiger charge is 2.16. The molecule has 19 heavy (non-hydrogen) atoms. The van der Waals surface area contributed by atoms with Crippen molar-refractivity contribution >= 4 is 39.8 Å². The summed E-state index contributed by atoms with van der Waals surface area (Å²) >= 11 is 1.07. The number of carboxylic acid groups (broad SMARTS) is 1. The van der Waals surface area contributed by atoms with Gasteiger partial charge >= 0.3 is 5.97 Å². The van der Waals surface area contributed by atoms with Gasteiger partial charge in [-0.1, -0.05) is 30.0 Å². The maximum Gasteiger partial charge on any atom is 0.316 e. The number of hydrogen-bond donors (Lipinski definition) is 2. The zero-order chi connectivity index (χ0) is 13.4. The van der Waals surface area contributed by atoms with E-state index in [9.17, 15) is 4.79 Å². The summed E-state index contributed by atoms with van der Waals surface area (Å²) < 4.78 is 0. The Morgan fingerprint density at radius 2 is 2.16 bits per heavy atom. The zero-order valence-electron chi connectivity index (χ0n) is 9.99. The molecule has 2 heterocycles. The summed E-state index contributed by atoms with van der Waals surface area (Å²) in [5.74, 6) is -0.898. The Kier molecular flexibility index (Phi) is 2.83. The van der Waals surface area contributed by atoms with E-state index in [4.69, 9.17) is 5.11 Å². The van der Waals surface area contributed by atoms with E-state index in [2.05, 4.69) is 20.2 Å². The van der Waals surface area contributed by atoms with Crippen molar-refractivity contribution < 1.29 is 9.90 Å². The van der Waals surface area contributed by atoms with Gasteiger partial charge in [-0.15, -0.1) is 10.2 Å². The zero-order valence-corrected chi connectivity index (χ0v) is 10.8. The van der Waals surface area contributed by atoms with Crippen molar-refractivity contribution in [3.05, 3.63) is 24.3 Å². The second-order valence-electron chi connectivity index (χ2n) is 4.06. The number of para-hydroxylation sites is 1. The predicted octanol–water partition coefficient (Wildman–Crippen LogP) is 2.07. The first-order chi connectivity index (χ1) is 9.15. The quantitative estimate of drug-likeness (QED) is 0.710. The van der Waals surface area contributed by atoms with Crippen molar-refractivity contribution in [2.24, 2.45) is 0 Å². The molecule has 1 aromatic carbocycles. The monoisotopic (exact) mass is 274 g/mol. The first kappa shape index (κ1) is 11.9. The molecule has 7 heteroatoms. The van der Waals surface area contributed by atoms with Crippen LogP contribution in [0.25, 0.3) is 22.1 Å². The van der Waals surface area contributed by atoms with Crippen LogP contribution in [0.15, 0.2) is 29.4 Å². The average Bonchev–Trinajstić information content (AvgIpc) is 2.76. The lowest BCUT2D eigenvalue weighted by Gasteiger charge is -2.02. The lowest BCUT2D eigenvalue weighted by atomic mass is 10.2. The van der Waals surface area contributed by atoms with Crippen LogP contribution in [-0.4, -0.2) is 36.5 Å². The molecule has 2 N–H and O–H groups in total. The number of benzene rings is 1. The minimum atomic E-state index is -0.898. The van der Waals surface area contributed by atoms with Crippen LogP contribution in [0.2, 0.25) is 0 Å². The van der Waals surface area contributed by atoms with Crippen molar-refractivity contribution in [2.75, 3.05) is 0 Å². The topological polar surface area (TPSA) is 91.8 Å². The van der Waals surface area contributed by atoms with Crippen LogP contribution in [0, 0.1) is 0 Å². The van der Waals surface area contributed by atoms with E-state index < -0.39 is 11.2 Å². The summed E-state index contributed by atoms with van der Waals surface area (Å²) in [6.07, 6.45) is 0. The average molecular weight is 274 g/mol. The van der Waals surface area contributed by atoms with Gasteiger partial charge in [-0.25, -0.2) is 4.98 Å². The van der Waals surface area contributed by atoms with E-state index in [1.165, 1.54) is 0 Å². The SMILES string of the molecule is C[C@H](Sc1nnc2c(n1)[nH]c1ccccc12)C(=O)O. The number of hydrogen-bond acceptors (Lipinski definition) is 5. The Morgan fingerprint density at radius 1 is 1.37 bits per heavy atom. The second kappa shape index (κ2) is 4.51. The number of nitrogens with one attached hydrogen (secondary N) is 1. The second-order valence-corrected chi connectivity index (χ2v) is 5.37. The van der Waals surface area contributed by atoms with Crippen molar-refractivity contribution in [2.45, 2.75) is 17.3 Å². The molecule has 0 aliphatic rings. The molecule has 0 radical (unpaired) electrons. The van der Waals surface area contributed by atoms with Crippen LogP contribution in [0.5, 0.6) is 0 Å². The molecule has 0 aliphatic heterocycles. The predicted molar refractivity (Wildman–Crippen MR) is 72.1 cm³/mol. The highest BCUT2D eigenvalue weighted by molar-refractivity contribution is 8.00. The van der Waals surface area contributed by atoms with Gasteiger partial charge in [0.2, 0.25) is 5.16 Å². The summed E-state index contributed by atoms with van der Waals surface area (Å²) in [6, 6.07) is 7.72. The van der Waals surface area contributed by atoms with E-state index >= 15 is 0 Å². The van der Waals surface area contributed by atoms with Gasteiger partial charge in [0.05, 0.1) is 0 Å². The fraction of sp³-hybridized carbons (Fsp3) is 0.167. The normalized spacial score (nSPS) is 12.9. The summed E-state index contributed by atoms with van der Waals surface area (Å²) in [4.78, 5) is 18.3. The van der Waals surface area contributed by atoms with Crippen molar-refractivity contribution in [3.63, 3.8) is 0 Å². The first-order valence-electron chi connectivity index (χ1n) is 5.66. The standard InChI is InChI=1S/C12H10N4O2S/c1-6(11(17)18)19-12-14-10-9(15-16-12)7-4-2-3-5-8(7)13-10/h2-6H,1H3,(H,17,18)(H,13,14,16)/t6-/m0/s1.